The molecule has 7 nitrogen and oxygen atoms in total. The molecule has 134 valence electrons. The van der Waals surface area contributed by atoms with Gasteiger partial charge in [-0.1, -0.05) is 6.92 Å². The minimum atomic E-state index is -3.17. The summed E-state index contributed by atoms with van der Waals surface area (Å²) in [7, 11) is -1.73. The number of hydrogen-bond acceptors (Lipinski definition) is 7. The number of hydrogen-bond donors (Lipinski definition) is 1. The van der Waals surface area contributed by atoms with Crippen LogP contribution in [-0.2, 0) is 36.3 Å². The van der Waals surface area contributed by atoms with Crippen molar-refractivity contribution in [3.8, 4) is 0 Å². The van der Waals surface area contributed by atoms with Crippen molar-refractivity contribution >= 4 is 38.1 Å². The van der Waals surface area contributed by atoms with E-state index < -0.39 is 21.9 Å². The minimum absolute atomic E-state index is 0.00776. The average molecular weight is 375 g/mol. The van der Waals surface area contributed by atoms with Crippen LogP contribution in [0.5, 0.6) is 0 Å². The lowest BCUT2D eigenvalue weighted by Gasteiger charge is -2.14. The van der Waals surface area contributed by atoms with Gasteiger partial charge in [-0.2, -0.15) is 0 Å². The zero-order chi connectivity index (χ0) is 17.9. The van der Waals surface area contributed by atoms with Gasteiger partial charge in [-0.3, -0.25) is 4.79 Å². The topological polar surface area (TPSA) is 98.8 Å². The van der Waals surface area contributed by atoms with Gasteiger partial charge in [0.2, 0.25) is 0 Å². The van der Waals surface area contributed by atoms with Crippen molar-refractivity contribution in [2.45, 2.75) is 38.5 Å². The molecule has 0 saturated carbocycles. The second kappa shape index (κ2) is 7.62. The van der Waals surface area contributed by atoms with Crippen LogP contribution in [0.1, 0.15) is 41.1 Å². The molecule has 9 heteroatoms. The van der Waals surface area contributed by atoms with Crippen LogP contribution in [0.2, 0.25) is 0 Å². The molecule has 0 aromatic carbocycles. The number of nitrogens with one attached hydrogen (secondary N) is 1. The van der Waals surface area contributed by atoms with E-state index in [-0.39, 0.29) is 36.0 Å². The maximum atomic E-state index is 12.3. The van der Waals surface area contributed by atoms with Gasteiger partial charge in [0.1, 0.15) is 11.1 Å². The number of amides is 1. The third-order valence-corrected chi connectivity index (χ3v) is 6.65. The maximum Gasteiger partial charge on any atom is 0.341 e. The van der Waals surface area contributed by atoms with Gasteiger partial charge in [-0.05, 0) is 25.3 Å². The van der Waals surface area contributed by atoms with Crippen LogP contribution >= 0.6 is 11.3 Å². The third-order valence-electron chi connectivity index (χ3n) is 3.77. The summed E-state index contributed by atoms with van der Waals surface area (Å²) in [5.41, 5.74) is 0.931. The highest BCUT2D eigenvalue weighted by molar-refractivity contribution is 7.90. The number of ether oxygens (including phenoxy) is 2. The number of fused-ring (bicyclic) bond motifs is 1. The van der Waals surface area contributed by atoms with Crippen LogP contribution in [0.3, 0.4) is 0 Å². The Morgan fingerprint density at radius 1 is 1.33 bits per heavy atom. The summed E-state index contributed by atoms with van der Waals surface area (Å²) in [4.78, 5) is 25.1. The quantitative estimate of drug-likeness (QED) is 0.761. The molecule has 1 N–H and O–H groups in total. The first-order valence-electron chi connectivity index (χ1n) is 7.68. The Balaban J connectivity index is 2.41. The molecule has 0 bridgehead atoms. The van der Waals surface area contributed by atoms with Crippen molar-refractivity contribution in [2.75, 3.05) is 24.8 Å². The number of carbonyl (C=O) groups excluding carboxylic acids is 2. The first kappa shape index (κ1) is 18.9. The monoisotopic (exact) mass is 375 g/mol. The Kier molecular flexibility index (Phi) is 6.00. The molecular formula is C15H21NO6S2. The molecule has 1 aromatic rings. The van der Waals surface area contributed by atoms with Crippen molar-refractivity contribution in [3.63, 3.8) is 0 Å². The second-order valence-corrected chi connectivity index (χ2v) is 8.68. The zero-order valence-electron chi connectivity index (χ0n) is 13.9. The fraction of sp³-hybridized carbons (Fsp3) is 0.600. The van der Waals surface area contributed by atoms with Gasteiger partial charge in [-0.15, -0.1) is 11.3 Å². The van der Waals surface area contributed by atoms with Crippen molar-refractivity contribution < 1.29 is 27.5 Å². The van der Waals surface area contributed by atoms with E-state index in [2.05, 4.69) is 5.32 Å². The van der Waals surface area contributed by atoms with E-state index in [0.717, 1.165) is 11.3 Å². The summed E-state index contributed by atoms with van der Waals surface area (Å²) >= 11 is 1.12. The second-order valence-electron chi connectivity index (χ2n) is 5.39. The Bertz CT molecular complexity index is 733. The molecule has 0 radical (unpaired) electrons. The Hall–Kier alpha value is -1.45. The molecule has 1 atom stereocenters. The molecule has 1 aromatic heterocycles. The average Bonchev–Trinajstić information content (AvgIpc) is 2.84. The van der Waals surface area contributed by atoms with E-state index in [9.17, 15) is 18.0 Å². The highest BCUT2D eigenvalue weighted by atomic mass is 32.2. The molecule has 0 spiro atoms. The van der Waals surface area contributed by atoms with Crippen LogP contribution in [0.25, 0.3) is 0 Å². The molecule has 24 heavy (non-hydrogen) atoms. The predicted molar refractivity (Wildman–Crippen MR) is 91.2 cm³/mol. The number of carbonyl (C=O) groups is 2. The van der Waals surface area contributed by atoms with Gasteiger partial charge >= 0.3 is 5.97 Å². The molecular weight excluding hydrogens is 354 g/mol. The highest BCUT2D eigenvalue weighted by Crippen LogP contribution is 2.38. The van der Waals surface area contributed by atoms with Crippen LogP contribution < -0.4 is 5.32 Å². The fourth-order valence-electron chi connectivity index (χ4n) is 2.58. The van der Waals surface area contributed by atoms with Gasteiger partial charge in [0, 0.05) is 12.0 Å². The number of sulfone groups is 1. The largest absolute Gasteiger partial charge is 0.462 e. The van der Waals surface area contributed by atoms with Crippen molar-refractivity contribution in [3.05, 3.63) is 16.0 Å². The number of anilines is 1. The molecule has 1 aliphatic heterocycles. The Labute approximate surface area is 145 Å². The van der Waals surface area contributed by atoms with E-state index in [1.165, 1.54) is 7.11 Å². The summed E-state index contributed by atoms with van der Waals surface area (Å²) in [5, 5.41) is 3.02. The highest BCUT2D eigenvalue weighted by Gasteiger charge is 2.32. The van der Waals surface area contributed by atoms with Gasteiger partial charge in [0.25, 0.3) is 5.91 Å². The molecule has 0 fully saturated rings. The SMILES string of the molecule is CCOC(=O)c1c(NC(=O)C(CC)OC)sc2c1CCS(=O)(=O)C2. The molecule has 1 amide bonds. The van der Waals surface area contributed by atoms with Crippen LogP contribution in [0.15, 0.2) is 0 Å². The summed E-state index contributed by atoms with van der Waals surface area (Å²) in [6, 6.07) is 0. The summed E-state index contributed by atoms with van der Waals surface area (Å²) in [6.07, 6.45) is 0.0962. The fourth-order valence-corrected chi connectivity index (χ4v) is 5.62. The molecule has 0 saturated heterocycles. The predicted octanol–water partition coefficient (Wildman–Crippen LogP) is 1.76. The van der Waals surface area contributed by atoms with Crippen LogP contribution in [0, 0.1) is 0 Å². The van der Waals surface area contributed by atoms with Crippen LogP contribution in [0.4, 0.5) is 5.00 Å². The Morgan fingerprint density at radius 3 is 2.62 bits per heavy atom. The number of methoxy groups -OCH3 is 1. The lowest BCUT2D eigenvalue weighted by atomic mass is 10.1. The standard InChI is InChI=1S/C15H21NO6S2/c1-4-10(21-3)13(17)16-14-12(15(18)22-5-2)9-6-7-24(19,20)8-11(9)23-14/h10H,4-8H2,1-3H3,(H,16,17). The van der Waals surface area contributed by atoms with Crippen LogP contribution in [-0.4, -0.2) is 45.9 Å². The van der Waals surface area contributed by atoms with E-state index in [4.69, 9.17) is 9.47 Å². The van der Waals surface area contributed by atoms with E-state index in [0.29, 0.717) is 21.9 Å². The van der Waals surface area contributed by atoms with E-state index >= 15 is 0 Å². The normalized spacial score (nSPS) is 17.0. The summed E-state index contributed by atoms with van der Waals surface area (Å²) in [5.74, 6) is -1.04. The smallest absolute Gasteiger partial charge is 0.341 e. The van der Waals surface area contributed by atoms with Gasteiger partial charge in [0.05, 0.1) is 23.7 Å². The van der Waals surface area contributed by atoms with Gasteiger partial charge < -0.3 is 14.8 Å². The van der Waals surface area contributed by atoms with Crippen molar-refractivity contribution in [1.29, 1.82) is 0 Å². The molecule has 1 aliphatic rings. The first-order valence-corrected chi connectivity index (χ1v) is 10.3. The lowest BCUT2D eigenvalue weighted by molar-refractivity contribution is -0.125. The van der Waals surface area contributed by atoms with Gasteiger partial charge in [-0.25, -0.2) is 13.2 Å². The lowest BCUT2D eigenvalue weighted by Crippen LogP contribution is -2.29. The third kappa shape index (κ3) is 3.96. The van der Waals surface area contributed by atoms with Crippen molar-refractivity contribution in [1.82, 2.24) is 0 Å². The maximum absolute atomic E-state index is 12.3. The minimum Gasteiger partial charge on any atom is -0.462 e. The molecule has 0 aliphatic carbocycles. The molecule has 2 heterocycles. The number of esters is 1. The number of thiophene rings is 1. The Morgan fingerprint density at radius 2 is 2.04 bits per heavy atom. The zero-order valence-corrected chi connectivity index (χ0v) is 15.5. The van der Waals surface area contributed by atoms with Gasteiger partial charge in [0.15, 0.2) is 9.84 Å². The first-order chi connectivity index (χ1) is 11.3. The van der Waals surface area contributed by atoms with Crippen molar-refractivity contribution in [2.24, 2.45) is 0 Å². The molecule has 2 rings (SSSR count). The summed E-state index contributed by atoms with van der Waals surface area (Å²) in [6.45, 7) is 3.70. The van der Waals surface area contributed by atoms with E-state index in [1.54, 1.807) is 6.92 Å². The van der Waals surface area contributed by atoms with E-state index in [1.807, 2.05) is 6.92 Å². The summed E-state index contributed by atoms with van der Waals surface area (Å²) < 4.78 is 33.8. The number of rotatable bonds is 6. The molecule has 1 unspecified atom stereocenters.